The standard InChI is InChI=1S/C24H16N2S2/c25-16-20(15-18-7-3-1-4-8-18)24-26-23(17-27-24)19-11-13-22(14-12-19)28-21-9-5-2-6-10-21/h1-15,17H. The normalized spacial score (nSPS) is 11.2. The van der Waals surface area contributed by atoms with Gasteiger partial charge in [-0.2, -0.15) is 5.26 Å². The van der Waals surface area contributed by atoms with Crippen molar-refractivity contribution < 1.29 is 0 Å². The third-order valence-electron chi connectivity index (χ3n) is 4.09. The summed E-state index contributed by atoms with van der Waals surface area (Å²) in [5, 5.41) is 12.3. The largest absolute Gasteiger partial charge is 0.235 e. The maximum Gasteiger partial charge on any atom is 0.134 e. The van der Waals surface area contributed by atoms with E-state index >= 15 is 0 Å². The van der Waals surface area contributed by atoms with Crippen LogP contribution in [-0.4, -0.2) is 4.98 Å². The van der Waals surface area contributed by atoms with E-state index in [-0.39, 0.29) is 0 Å². The molecule has 0 N–H and O–H groups in total. The molecule has 0 spiro atoms. The molecule has 1 heterocycles. The van der Waals surface area contributed by atoms with Gasteiger partial charge in [-0.1, -0.05) is 72.4 Å². The molecule has 0 fully saturated rings. The van der Waals surface area contributed by atoms with Gasteiger partial charge in [0.2, 0.25) is 0 Å². The van der Waals surface area contributed by atoms with Crippen LogP contribution < -0.4 is 0 Å². The second-order valence-corrected chi connectivity index (χ2v) is 8.06. The summed E-state index contributed by atoms with van der Waals surface area (Å²) in [7, 11) is 0. The van der Waals surface area contributed by atoms with Gasteiger partial charge in [-0.05, 0) is 35.9 Å². The Balaban J connectivity index is 1.54. The fraction of sp³-hybridized carbons (Fsp3) is 0. The SMILES string of the molecule is N#CC(=Cc1ccccc1)c1nc(-c2ccc(Sc3ccccc3)cc2)cs1. The van der Waals surface area contributed by atoms with Gasteiger partial charge < -0.3 is 0 Å². The quantitative estimate of drug-likeness (QED) is 0.340. The molecule has 0 aliphatic rings. The lowest BCUT2D eigenvalue weighted by Gasteiger charge is -2.02. The first-order valence-electron chi connectivity index (χ1n) is 8.78. The number of aromatic nitrogens is 1. The molecular formula is C24H16N2S2. The third-order valence-corrected chi connectivity index (χ3v) is 5.99. The highest BCUT2D eigenvalue weighted by Gasteiger charge is 2.09. The van der Waals surface area contributed by atoms with E-state index in [9.17, 15) is 5.26 Å². The van der Waals surface area contributed by atoms with Crippen LogP contribution in [0.5, 0.6) is 0 Å². The van der Waals surface area contributed by atoms with Gasteiger partial charge in [0.05, 0.1) is 11.3 Å². The smallest absolute Gasteiger partial charge is 0.134 e. The van der Waals surface area contributed by atoms with Crippen LogP contribution in [0.1, 0.15) is 10.6 Å². The maximum atomic E-state index is 9.54. The first kappa shape index (κ1) is 18.2. The number of nitriles is 1. The van der Waals surface area contributed by atoms with E-state index in [1.165, 1.54) is 21.1 Å². The molecule has 0 amide bonds. The number of thiazole rings is 1. The summed E-state index contributed by atoms with van der Waals surface area (Å²) in [6.07, 6.45) is 1.88. The van der Waals surface area contributed by atoms with E-state index in [0.717, 1.165) is 21.8 Å². The van der Waals surface area contributed by atoms with E-state index in [4.69, 9.17) is 0 Å². The van der Waals surface area contributed by atoms with Gasteiger partial charge in [0.15, 0.2) is 0 Å². The molecule has 0 saturated carbocycles. The lowest BCUT2D eigenvalue weighted by molar-refractivity contribution is 1.35. The minimum Gasteiger partial charge on any atom is -0.235 e. The van der Waals surface area contributed by atoms with Gasteiger partial charge in [-0.3, -0.25) is 0 Å². The highest BCUT2D eigenvalue weighted by molar-refractivity contribution is 7.99. The van der Waals surface area contributed by atoms with E-state index in [1.807, 2.05) is 60.0 Å². The Kier molecular flexibility index (Phi) is 5.67. The van der Waals surface area contributed by atoms with E-state index in [1.54, 1.807) is 11.8 Å². The first-order valence-corrected chi connectivity index (χ1v) is 10.5. The van der Waals surface area contributed by atoms with Crippen LogP contribution in [0.2, 0.25) is 0 Å². The lowest BCUT2D eigenvalue weighted by atomic mass is 10.1. The fourth-order valence-corrected chi connectivity index (χ4v) is 4.34. The highest BCUT2D eigenvalue weighted by Crippen LogP contribution is 2.31. The van der Waals surface area contributed by atoms with Crippen LogP contribution in [0.4, 0.5) is 0 Å². The predicted molar refractivity (Wildman–Crippen MR) is 118 cm³/mol. The zero-order valence-corrected chi connectivity index (χ0v) is 16.6. The van der Waals surface area contributed by atoms with Crippen molar-refractivity contribution in [3.63, 3.8) is 0 Å². The van der Waals surface area contributed by atoms with Gasteiger partial charge >= 0.3 is 0 Å². The van der Waals surface area contributed by atoms with E-state index in [0.29, 0.717) is 5.57 Å². The van der Waals surface area contributed by atoms with Crippen molar-refractivity contribution in [1.82, 2.24) is 4.98 Å². The summed E-state index contributed by atoms with van der Waals surface area (Å²) in [6, 6.07) is 30.8. The van der Waals surface area contributed by atoms with Crippen LogP contribution in [0.25, 0.3) is 22.9 Å². The van der Waals surface area contributed by atoms with Crippen molar-refractivity contribution in [2.45, 2.75) is 9.79 Å². The van der Waals surface area contributed by atoms with Crippen LogP contribution in [0, 0.1) is 11.3 Å². The summed E-state index contributed by atoms with van der Waals surface area (Å²) in [5.74, 6) is 0. The summed E-state index contributed by atoms with van der Waals surface area (Å²) in [6.45, 7) is 0. The van der Waals surface area contributed by atoms with Crippen LogP contribution in [0.15, 0.2) is 100 Å². The number of benzene rings is 3. The maximum absolute atomic E-state index is 9.54. The van der Waals surface area contributed by atoms with Gasteiger partial charge in [0, 0.05) is 20.7 Å². The molecule has 4 heteroatoms. The molecule has 4 rings (SSSR count). The average Bonchev–Trinajstić information content (AvgIpc) is 3.24. The number of hydrogen-bond donors (Lipinski definition) is 0. The zero-order chi connectivity index (χ0) is 19.2. The van der Waals surface area contributed by atoms with Crippen molar-refractivity contribution in [2.75, 3.05) is 0 Å². The molecular weight excluding hydrogens is 380 g/mol. The molecule has 2 nitrogen and oxygen atoms in total. The average molecular weight is 397 g/mol. The van der Waals surface area contributed by atoms with Crippen molar-refractivity contribution in [3.8, 4) is 17.3 Å². The number of rotatable bonds is 5. The summed E-state index contributed by atoms with van der Waals surface area (Å²) in [5.41, 5.74) is 3.53. The van der Waals surface area contributed by atoms with Gasteiger partial charge in [-0.15, -0.1) is 11.3 Å². The van der Waals surface area contributed by atoms with Crippen LogP contribution in [0.3, 0.4) is 0 Å². The molecule has 0 radical (unpaired) electrons. The molecule has 0 unspecified atom stereocenters. The van der Waals surface area contributed by atoms with Crippen LogP contribution in [-0.2, 0) is 0 Å². The minimum atomic E-state index is 0.582. The Bertz CT molecular complexity index is 1120. The molecule has 1 aromatic heterocycles. The Hall–Kier alpha value is -3.13. The Morgan fingerprint density at radius 1 is 0.857 bits per heavy atom. The van der Waals surface area contributed by atoms with E-state index < -0.39 is 0 Å². The number of nitrogens with zero attached hydrogens (tertiary/aromatic N) is 2. The molecule has 134 valence electrons. The third kappa shape index (κ3) is 4.40. The molecule has 3 aromatic carbocycles. The summed E-state index contributed by atoms with van der Waals surface area (Å²) in [4.78, 5) is 7.09. The Labute approximate surface area is 172 Å². The van der Waals surface area contributed by atoms with Crippen LogP contribution >= 0.6 is 23.1 Å². The van der Waals surface area contributed by atoms with E-state index in [2.05, 4.69) is 47.5 Å². The van der Waals surface area contributed by atoms with Crippen molar-refractivity contribution >= 4 is 34.7 Å². The predicted octanol–water partition coefficient (Wildman–Crippen LogP) is 7.03. The summed E-state index contributed by atoms with van der Waals surface area (Å²) >= 11 is 3.23. The van der Waals surface area contributed by atoms with Crippen molar-refractivity contribution in [2.24, 2.45) is 0 Å². The fourth-order valence-electron chi connectivity index (χ4n) is 2.71. The topological polar surface area (TPSA) is 36.7 Å². The lowest BCUT2D eigenvalue weighted by Crippen LogP contribution is -1.83. The molecule has 0 aliphatic heterocycles. The highest BCUT2D eigenvalue weighted by atomic mass is 32.2. The molecule has 0 saturated heterocycles. The van der Waals surface area contributed by atoms with Gasteiger partial charge in [0.25, 0.3) is 0 Å². The molecule has 0 atom stereocenters. The van der Waals surface area contributed by atoms with Crippen molar-refractivity contribution in [1.29, 1.82) is 5.26 Å². The second kappa shape index (κ2) is 8.71. The molecule has 28 heavy (non-hydrogen) atoms. The Morgan fingerprint density at radius 2 is 1.50 bits per heavy atom. The number of hydrogen-bond acceptors (Lipinski definition) is 4. The minimum absolute atomic E-state index is 0.582. The number of allylic oxidation sites excluding steroid dienone is 1. The second-order valence-electron chi connectivity index (χ2n) is 6.06. The van der Waals surface area contributed by atoms with Gasteiger partial charge in [-0.25, -0.2) is 4.98 Å². The van der Waals surface area contributed by atoms with Crippen molar-refractivity contribution in [3.05, 3.63) is 101 Å². The monoisotopic (exact) mass is 396 g/mol. The summed E-state index contributed by atoms with van der Waals surface area (Å²) < 4.78 is 0. The molecule has 4 aromatic rings. The molecule has 0 bridgehead atoms. The van der Waals surface area contributed by atoms with Gasteiger partial charge in [0.1, 0.15) is 11.1 Å². The molecule has 0 aliphatic carbocycles. The Morgan fingerprint density at radius 3 is 2.18 bits per heavy atom. The zero-order valence-electron chi connectivity index (χ0n) is 14.9. The first-order chi connectivity index (χ1) is 13.8.